The SMILES string of the molecule is CN1C(=O)C(C)(C)C(=O)N(C)c2cc(OCCCCl)ccc21. The van der Waals surface area contributed by atoms with Gasteiger partial charge < -0.3 is 14.5 Å². The number of amides is 2. The van der Waals surface area contributed by atoms with Gasteiger partial charge in [-0.2, -0.15) is 0 Å². The van der Waals surface area contributed by atoms with E-state index in [1.165, 1.54) is 9.80 Å². The van der Waals surface area contributed by atoms with E-state index in [9.17, 15) is 9.59 Å². The van der Waals surface area contributed by atoms with Crippen molar-refractivity contribution in [1.82, 2.24) is 0 Å². The predicted molar refractivity (Wildman–Crippen MR) is 87.9 cm³/mol. The second kappa shape index (κ2) is 6.16. The first-order valence-corrected chi connectivity index (χ1v) is 7.73. The summed E-state index contributed by atoms with van der Waals surface area (Å²) in [6.45, 7) is 3.81. The van der Waals surface area contributed by atoms with Crippen molar-refractivity contribution in [2.24, 2.45) is 5.41 Å². The average molecular weight is 325 g/mol. The summed E-state index contributed by atoms with van der Waals surface area (Å²) in [7, 11) is 3.36. The molecule has 1 aliphatic heterocycles. The minimum Gasteiger partial charge on any atom is -0.493 e. The van der Waals surface area contributed by atoms with Crippen molar-refractivity contribution >= 4 is 34.8 Å². The molecule has 0 saturated heterocycles. The number of anilines is 2. The fourth-order valence-corrected chi connectivity index (χ4v) is 2.65. The molecule has 120 valence electrons. The van der Waals surface area contributed by atoms with Crippen molar-refractivity contribution in [3.63, 3.8) is 0 Å². The number of carbonyl (C=O) groups is 2. The lowest BCUT2D eigenvalue weighted by Crippen LogP contribution is -2.46. The van der Waals surface area contributed by atoms with Gasteiger partial charge in [-0.05, 0) is 32.4 Å². The minimum atomic E-state index is -1.10. The molecule has 0 fully saturated rings. The molecule has 1 aliphatic rings. The largest absolute Gasteiger partial charge is 0.493 e. The molecule has 1 aromatic rings. The molecular formula is C16H21ClN2O3. The Labute approximate surface area is 135 Å². The third kappa shape index (κ3) is 2.77. The Hall–Kier alpha value is -1.75. The summed E-state index contributed by atoms with van der Waals surface area (Å²) in [6, 6.07) is 5.38. The number of halogens is 1. The summed E-state index contributed by atoms with van der Waals surface area (Å²) in [5.41, 5.74) is 0.258. The van der Waals surface area contributed by atoms with E-state index in [2.05, 4.69) is 0 Å². The first-order valence-electron chi connectivity index (χ1n) is 7.20. The molecule has 0 bridgehead atoms. The van der Waals surface area contributed by atoms with Gasteiger partial charge in [0.2, 0.25) is 11.8 Å². The summed E-state index contributed by atoms with van der Waals surface area (Å²) < 4.78 is 5.63. The summed E-state index contributed by atoms with van der Waals surface area (Å²) in [5, 5.41) is 0. The van der Waals surface area contributed by atoms with E-state index in [-0.39, 0.29) is 11.8 Å². The van der Waals surface area contributed by atoms with E-state index in [1.54, 1.807) is 46.1 Å². The molecule has 1 heterocycles. The normalized spacial score (nSPS) is 17.3. The fraction of sp³-hybridized carbons (Fsp3) is 0.500. The van der Waals surface area contributed by atoms with Gasteiger partial charge >= 0.3 is 0 Å². The van der Waals surface area contributed by atoms with Gasteiger partial charge in [-0.15, -0.1) is 11.6 Å². The van der Waals surface area contributed by atoms with Gasteiger partial charge in [-0.3, -0.25) is 9.59 Å². The predicted octanol–water partition coefficient (Wildman–Crippen LogP) is 2.66. The second-order valence-corrected chi connectivity index (χ2v) is 6.27. The van der Waals surface area contributed by atoms with E-state index in [0.717, 1.165) is 6.42 Å². The van der Waals surface area contributed by atoms with E-state index >= 15 is 0 Å². The van der Waals surface area contributed by atoms with Crippen molar-refractivity contribution in [3.8, 4) is 5.75 Å². The number of ether oxygens (including phenoxy) is 1. The van der Waals surface area contributed by atoms with Gasteiger partial charge in [0.25, 0.3) is 0 Å². The molecule has 0 radical (unpaired) electrons. The molecule has 0 unspecified atom stereocenters. The van der Waals surface area contributed by atoms with E-state index in [4.69, 9.17) is 16.3 Å². The lowest BCUT2D eigenvalue weighted by atomic mass is 9.90. The van der Waals surface area contributed by atoms with Gasteiger partial charge in [-0.1, -0.05) is 0 Å². The standard InChI is InChI=1S/C16H21ClN2O3/c1-16(2)14(20)18(3)12-7-6-11(22-9-5-8-17)10-13(12)19(4)15(16)21/h6-7,10H,5,8-9H2,1-4H3. The summed E-state index contributed by atoms with van der Waals surface area (Å²) in [6.07, 6.45) is 0.749. The maximum Gasteiger partial charge on any atom is 0.241 e. The average Bonchev–Trinajstić information content (AvgIpc) is 2.55. The Morgan fingerprint density at radius 1 is 1.09 bits per heavy atom. The van der Waals surface area contributed by atoms with Crippen LogP contribution in [0.5, 0.6) is 5.75 Å². The van der Waals surface area contributed by atoms with Crippen LogP contribution >= 0.6 is 11.6 Å². The fourth-order valence-electron chi connectivity index (χ4n) is 2.54. The van der Waals surface area contributed by atoms with Crippen LogP contribution in [0, 0.1) is 5.41 Å². The van der Waals surface area contributed by atoms with Crippen LogP contribution in [0.4, 0.5) is 11.4 Å². The lowest BCUT2D eigenvalue weighted by molar-refractivity contribution is -0.137. The zero-order valence-electron chi connectivity index (χ0n) is 13.4. The molecule has 0 spiro atoms. The summed E-state index contributed by atoms with van der Waals surface area (Å²) in [4.78, 5) is 28.1. The molecular weight excluding hydrogens is 304 g/mol. The molecule has 5 nitrogen and oxygen atoms in total. The molecule has 0 atom stereocenters. The zero-order valence-corrected chi connectivity index (χ0v) is 14.1. The topological polar surface area (TPSA) is 49.9 Å². The third-order valence-corrected chi connectivity index (χ3v) is 4.16. The van der Waals surface area contributed by atoms with E-state index in [1.807, 2.05) is 0 Å². The third-order valence-electron chi connectivity index (χ3n) is 3.89. The second-order valence-electron chi connectivity index (χ2n) is 5.89. The number of hydrogen-bond acceptors (Lipinski definition) is 3. The highest BCUT2D eigenvalue weighted by atomic mass is 35.5. The van der Waals surface area contributed by atoms with Crippen LogP contribution in [-0.2, 0) is 9.59 Å². The maximum absolute atomic E-state index is 12.6. The highest BCUT2D eigenvalue weighted by Crippen LogP contribution is 2.39. The Balaban J connectivity index is 2.42. The number of fused-ring (bicyclic) bond motifs is 1. The van der Waals surface area contributed by atoms with Gasteiger partial charge in [-0.25, -0.2) is 0 Å². The number of nitrogens with zero attached hydrogens (tertiary/aromatic N) is 2. The zero-order chi connectivity index (χ0) is 16.5. The van der Waals surface area contributed by atoms with E-state index in [0.29, 0.717) is 29.6 Å². The Bertz CT molecular complexity index is 601. The molecule has 1 aromatic carbocycles. The van der Waals surface area contributed by atoms with Crippen molar-refractivity contribution in [1.29, 1.82) is 0 Å². The quantitative estimate of drug-likeness (QED) is 0.486. The summed E-state index contributed by atoms with van der Waals surface area (Å²) >= 11 is 5.64. The molecule has 2 rings (SSSR count). The lowest BCUT2D eigenvalue weighted by Gasteiger charge is -2.25. The Morgan fingerprint density at radius 3 is 2.27 bits per heavy atom. The molecule has 0 aliphatic carbocycles. The first kappa shape index (κ1) is 16.6. The number of alkyl halides is 1. The van der Waals surface area contributed by atoms with Gasteiger partial charge in [0.15, 0.2) is 0 Å². The monoisotopic (exact) mass is 324 g/mol. The first-order chi connectivity index (χ1) is 10.3. The number of hydrogen-bond donors (Lipinski definition) is 0. The van der Waals surface area contributed by atoms with Crippen LogP contribution in [0.2, 0.25) is 0 Å². The van der Waals surface area contributed by atoms with Crippen molar-refractivity contribution in [2.75, 3.05) is 36.4 Å². The molecule has 6 heteroatoms. The smallest absolute Gasteiger partial charge is 0.241 e. The van der Waals surface area contributed by atoms with Crippen molar-refractivity contribution in [3.05, 3.63) is 18.2 Å². The van der Waals surface area contributed by atoms with Crippen molar-refractivity contribution in [2.45, 2.75) is 20.3 Å². The van der Waals surface area contributed by atoms with Crippen LogP contribution < -0.4 is 14.5 Å². The molecule has 2 amide bonds. The maximum atomic E-state index is 12.6. The molecule has 0 aromatic heterocycles. The van der Waals surface area contributed by atoms with Gasteiger partial charge in [0.1, 0.15) is 11.2 Å². The van der Waals surface area contributed by atoms with Crippen molar-refractivity contribution < 1.29 is 14.3 Å². The van der Waals surface area contributed by atoms with E-state index < -0.39 is 5.41 Å². The van der Waals surface area contributed by atoms with Crippen LogP contribution in [-0.4, -0.2) is 38.4 Å². The number of benzene rings is 1. The molecule has 0 saturated carbocycles. The van der Waals surface area contributed by atoms with Gasteiger partial charge in [0, 0.05) is 26.0 Å². The Kier molecular flexibility index (Phi) is 4.66. The molecule has 22 heavy (non-hydrogen) atoms. The number of carbonyl (C=O) groups excluding carboxylic acids is 2. The van der Waals surface area contributed by atoms with Gasteiger partial charge in [0.05, 0.1) is 18.0 Å². The number of rotatable bonds is 4. The minimum absolute atomic E-state index is 0.223. The van der Waals surface area contributed by atoms with Crippen LogP contribution in [0.15, 0.2) is 18.2 Å². The van der Waals surface area contributed by atoms with Crippen LogP contribution in [0.25, 0.3) is 0 Å². The summed E-state index contributed by atoms with van der Waals surface area (Å²) in [5.74, 6) is 0.735. The molecule has 0 N–H and O–H groups in total. The van der Waals surface area contributed by atoms with Crippen LogP contribution in [0.1, 0.15) is 20.3 Å². The van der Waals surface area contributed by atoms with Crippen LogP contribution in [0.3, 0.4) is 0 Å². The highest BCUT2D eigenvalue weighted by Gasteiger charge is 2.44. The Morgan fingerprint density at radius 2 is 1.68 bits per heavy atom. The highest BCUT2D eigenvalue weighted by molar-refractivity contribution is 6.19.